The van der Waals surface area contributed by atoms with Gasteiger partial charge in [0.15, 0.2) is 11.6 Å². The molecule has 0 amide bonds. The molecule has 2 aromatic heterocycles. The number of aryl methyl sites for hydroxylation is 1. The molecule has 2 aromatic carbocycles. The van der Waals surface area contributed by atoms with Crippen LogP contribution in [-0.2, 0) is 7.05 Å². The maximum absolute atomic E-state index is 14.3. The Kier molecular flexibility index (Phi) is 5.70. The van der Waals surface area contributed by atoms with E-state index < -0.39 is 21.9 Å². The molecule has 2 heterocycles. The number of aromatic nitrogens is 3. The number of rotatable bonds is 5. The van der Waals surface area contributed by atoms with Crippen molar-refractivity contribution in [2.75, 3.05) is 12.0 Å². The van der Waals surface area contributed by atoms with E-state index in [4.69, 9.17) is 4.74 Å². The molecule has 0 bridgehead atoms. The summed E-state index contributed by atoms with van der Waals surface area (Å²) >= 11 is 0. The molecule has 0 fully saturated rings. The summed E-state index contributed by atoms with van der Waals surface area (Å²) in [6.07, 6.45) is 6.16. The molecule has 1 N–H and O–H groups in total. The SMILES string of the molecule is CCS(C)(O)c1ccc(Oc2ccc(F)cc2F)c(-c2cn(C)c(=O)c3cncnc23)c1. The Morgan fingerprint density at radius 1 is 1.12 bits per heavy atom. The molecule has 0 aliphatic carbocycles. The third kappa shape index (κ3) is 3.96. The summed E-state index contributed by atoms with van der Waals surface area (Å²) in [6, 6.07) is 8.16. The van der Waals surface area contributed by atoms with Gasteiger partial charge < -0.3 is 13.9 Å². The van der Waals surface area contributed by atoms with Crippen molar-refractivity contribution in [3.8, 4) is 22.6 Å². The fourth-order valence-electron chi connectivity index (χ4n) is 3.33. The average Bonchev–Trinajstić information content (AvgIpc) is 2.78. The number of hydrogen-bond donors (Lipinski definition) is 1. The van der Waals surface area contributed by atoms with Crippen LogP contribution in [0.2, 0.25) is 0 Å². The van der Waals surface area contributed by atoms with Gasteiger partial charge in [0.1, 0.15) is 17.9 Å². The normalized spacial score (nSPS) is 14.2. The fraction of sp³-hybridized carbons (Fsp3) is 0.174. The number of ether oxygens (including phenoxy) is 1. The molecule has 32 heavy (non-hydrogen) atoms. The molecular weight excluding hydrogens is 436 g/mol. The fourth-order valence-corrected chi connectivity index (χ4v) is 4.39. The first kappa shape index (κ1) is 21.9. The van der Waals surface area contributed by atoms with Gasteiger partial charge in [-0.2, -0.15) is 0 Å². The Bertz CT molecular complexity index is 1390. The van der Waals surface area contributed by atoms with Crippen molar-refractivity contribution < 1.29 is 18.1 Å². The largest absolute Gasteiger partial charge is 0.454 e. The number of hydrogen-bond acceptors (Lipinski definition) is 5. The van der Waals surface area contributed by atoms with Crippen molar-refractivity contribution in [2.45, 2.75) is 11.8 Å². The van der Waals surface area contributed by atoms with Gasteiger partial charge in [-0.1, -0.05) is 6.92 Å². The zero-order valence-corrected chi connectivity index (χ0v) is 18.5. The van der Waals surface area contributed by atoms with Gasteiger partial charge in [0, 0.05) is 41.5 Å². The molecule has 6 nitrogen and oxygen atoms in total. The Morgan fingerprint density at radius 3 is 2.59 bits per heavy atom. The van der Waals surface area contributed by atoms with Gasteiger partial charge >= 0.3 is 0 Å². The first-order chi connectivity index (χ1) is 15.2. The minimum absolute atomic E-state index is 0.154. The quantitative estimate of drug-likeness (QED) is 0.437. The molecule has 1 unspecified atom stereocenters. The minimum Gasteiger partial charge on any atom is -0.454 e. The van der Waals surface area contributed by atoms with Crippen molar-refractivity contribution in [1.29, 1.82) is 0 Å². The summed E-state index contributed by atoms with van der Waals surface area (Å²) in [5.74, 6) is -0.911. The monoisotopic (exact) mass is 457 g/mol. The molecule has 1 atom stereocenters. The van der Waals surface area contributed by atoms with Crippen LogP contribution in [0.1, 0.15) is 6.92 Å². The lowest BCUT2D eigenvalue weighted by Gasteiger charge is -2.29. The molecule has 4 rings (SSSR count). The van der Waals surface area contributed by atoms with Crippen LogP contribution in [-0.4, -0.2) is 31.1 Å². The topological polar surface area (TPSA) is 77.2 Å². The molecule has 9 heteroatoms. The highest BCUT2D eigenvalue weighted by Gasteiger charge is 2.21. The van der Waals surface area contributed by atoms with Crippen LogP contribution >= 0.6 is 10.3 Å². The smallest absolute Gasteiger partial charge is 0.261 e. The third-order valence-corrected chi connectivity index (χ3v) is 7.66. The maximum atomic E-state index is 14.3. The summed E-state index contributed by atoms with van der Waals surface area (Å²) in [4.78, 5) is 21.5. The van der Waals surface area contributed by atoms with E-state index in [1.54, 1.807) is 37.7 Å². The van der Waals surface area contributed by atoms with Crippen molar-refractivity contribution in [3.05, 3.63) is 77.1 Å². The van der Waals surface area contributed by atoms with Crippen LogP contribution in [0.15, 0.2) is 64.8 Å². The summed E-state index contributed by atoms with van der Waals surface area (Å²) in [6.45, 7) is 1.89. The molecular formula is C23H21F2N3O3S. The number of benzene rings is 2. The maximum Gasteiger partial charge on any atom is 0.261 e. The van der Waals surface area contributed by atoms with Crippen LogP contribution in [0.5, 0.6) is 11.5 Å². The number of pyridine rings is 1. The molecule has 0 saturated heterocycles. The summed E-state index contributed by atoms with van der Waals surface area (Å²) in [5, 5.41) is 0.311. The predicted molar refractivity (Wildman–Crippen MR) is 122 cm³/mol. The van der Waals surface area contributed by atoms with Crippen LogP contribution in [0.4, 0.5) is 8.78 Å². The van der Waals surface area contributed by atoms with Crippen molar-refractivity contribution in [2.24, 2.45) is 7.05 Å². The van der Waals surface area contributed by atoms with Crippen molar-refractivity contribution in [3.63, 3.8) is 0 Å². The molecule has 166 valence electrons. The summed E-state index contributed by atoms with van der Waals surface area (Å²) < 4.78 is 45.8. The number of fused-ring (bicyclic) bond motifs is 1. The van der Waals surface area contributed by atoms with Crippen molar-refractivity contribution >= 4 is 21.2 Å². The van der Waals surface area contributed by atoms with E-state index in [0.29, 0.717) is 32.7 Å². The molecule has 4 aromatic rings. The van der Waals surface area contributed by atoms with Crippen LogP contribution < -0.4 is 10.3 Å². The Balaban J connectivity index is 1.99. The molecule has 0 aliphatic rings. The van der Waals surface area contributed by atoms with E-state index in [9.17, 15) is 18.1 Å². The summed E-state index contributed by atoms with van der Waals surface area (Å²) in [5.41, 5.74) is 1.19. The van der Waals surface area contributed by atoms with Gasteiger partial charge in [0.2, 0.25) is 0 Å². The highest BCUT2D eigenvalue weighted by molar-refractivity contribution is 8.28. The van der Waals surface area contributed by atoms with Gasteiger partial charge in [-0.25, -0.2) is 18.7 Å². The summed E-state index contributed by atoms with van der Waals surface area (Å²) in [7, 11) is -0.477. The van der Waals surface area contributed by atoms with E-state index in [2.05, 4.69) is 9.97 Å². The van der Waals surface area contributed by atoms with E-state index in [0.717, 1.165) is 12.1 Å². The Morgan fingerprint density at radius 2 is 1.88 bits per heavy atom. The number of halogens is 2. The average molecular weight is 458 g/mol. The van der Waals surface area contributed by atoms with Gasteiger partial charge in [-0.3, -0.25) is 4.79 Å². The van der Waals surface area contributed by atoms with Crippen molar-refractivity contribution in [1.82, 2.24) is 14.5 Å². The Labute approximate surface area is 184 Å². The highest BCUT2D eigenvalue weighted by atomic mass is 32.3. The standard InChI is InChI=1S/C23H21F2N3O3S/c1-4-32(3,30)15-6-8-20(31-21-7-5-14(24)9-19(21)25)16(10-15)18-12-28(2)23(29)17-11-26-13-27-22(17)18/h5-13,30H,4H2,1-3H3. The third-order valence-electron chi connectivity index (χ3n) is 5.27. The molecule has 0 aliphatic heterocycles. The van der Waals surface area contributed by atoms with Crippen LogP contribution in [0.3, 0.4) is 0 Å². The first-order valence-corrected chi connectivity index (χ1v) is 11.9. The zero-order chi connectivity index (χ0) is 23.0. The zero-order valence-electron chi connectivity index (χ0n) is 17.7. The van der Waals surface area contributed by atoms with E-state index in [1.165, 1.54) is 23.2 Å². The molecule has 0 spiro atoms. The van der Waals surface area contributed by atoms with Gasteiger partial charge in [-0.05, 0) is 42.3 Å². The first-order valence-electron chi connectivity index (χ1n) is 9.76. The van der Waals surface area contributed by atoms with Crippen LogP contribution in [0.25, 0.3) is 22.0 Å². The minimum atomic E-state index is -2.08. The van der Waals surface area contributed by atoms with E-state index in [1.807, 2.05) is 6.92 Å². The second-order valence-corrected chi connectivity index (χ2v) is 10.5. The molecule has 0 radical (unpaired) electrons. The van der Waals surface area contributed by atoms with E-state index in [-0.39, 0.29) is 17.1 Å². The second kappa shape index (κ2) is 8.33. The lowest BCUT2D eigenvalue weighted by Crippen LogP contribution is -2.17. The van der Waals surface area contributed by atoms with Gasteiger partial charge in [0.05, 0.1) is 10.9 Å². The highest BCUT2D eigenvalue weighted by Crippen LogP contribution is 2.51. The lowest BCUT2D eigenvalue weighted by atomic mass is 10.0. The van der Waals surface area contributed by atoms with Gasteiger partial charge in [0.25, 0.3) is 5.56 Å². The second-order valence-electron chi connectivity index (χ2n) is 7.41. The Hall–Kier alpha value is -3.30. The van der Waals surface area contributed by atoms with Crippen LogP contribution in [0, 0.1) is 11.6 Å². The lowest BCUT2D eigenvalue weighted by molar-refractivity contribution is 0.438. The van der Waals surface area contributed by atoms with Gasteiger partial charge in [-0.15, -0.1) is 10.3 Å². The van der Waals surface area contributed by atoms with E-state index >= 15 is 0 Å². The number of nitrogens with zero attached hydrogens (tertiary/aromatic N) is 3. The predicted octanol–water partition coefficient (Wildman–Crippen LogP) is 5.35. The molecule has 0 saturated carbocycles.